The molecule has 0 heterocycles. The highest BCUT2D eigenvalue weighted by molar-refractivity contribution is 4.62. The van der Waals surface area contributed by atoms with Gasteiger partial charge in [0.25, 0.3) is 0 Å². The van der Waals surface area contributed by atoms with Crippen molar-refractivity contribution in [2.45, 2.75) is 53.5 Å². The van der Waals surface area contributed by atoms with E-state index in [4.69, 9.17) is 0 Å². The van der Waals surface area contributed by atoms with Gasteiger partial charge in [-0.3, -0.25) is 0 Å². The highest BCUT2D eigenvalue weighted by atomic mass is 14.9. The molecule has 0 aromatic heterocycles. The Morgan fingerprint density at radius 2 is 1.73 bits per heavy atom. The Morgan fingerprint density at radius 1 is 1.18 bits per heavy atom. The highest BCUT2D eigenvalue weighted by Crippen LogP contribution is 2.19. The van der Waals surface area contributed by atoms with E-state index in [1.165, 1.54) is 12.8 Å². The summed E-state index contributed by atoms with van der Waals surface area (Å²) in [7, 11) is 0. The van der Waals surface area contributed by atoms with Crippen molar-refractivity contribution in [1.29, 1.82) is 0 Å². The molecule has 0 rings (SSSR count). The van der Waals surface area contributed by atoms with Crippen LogP contribution < -0.4 is 5.32 Å². The lowest BCUT2D eigenvalue weighted by Crippen LogP contribution is -2.24. The normalized spacial score (nSPS) is 12.5. The molecule has 0 spiro atoms. The first-order valence-corrected chi connectivity index (χ1v) is 4.65. The Labute approximate surface area is 71.6 Å². The molecule has 0 aliphatic rings. The summed E-state index contributed by atoms with van der Waals surface area (Å²) in [5.41, 5.74) is 0.499. The number of hydrogen-bond donors (Lipinski definition) is 1. The first-order valence-electron chi connectivity index (χ1n) is 4.65. The zero-order valence-corrected chi connectivity index (χ0v) is 8.70. The largest absolute Gasteiger partial charge is 0.315 e. The Kier molecular flexibility index (Phi) is 4.74. The third-order valence-corrected chi connectivity index (χ3v) is 1.66. The lowest BCUT2D eigenvalue weighted by Gasteiger charge is -2.18. The fourth-order valence-corrected chi connectivity index (χ4v) is 1.01. The number of rotatable bonds is 4. The predicted octanol–water partition coefficient (Wildman–Crippen LogP) is 2.81. The minimum Gasteiger partial charge on any atom is -0.315 e. The van der Waals surface area contributed by atoms with E-state index in [9.17, 15) is 0 Å². The SMILES string of the molecule is CC(C)NCCCC(C)(C)C. The van der Waals surface area contributed by atoms with Crippen LogP contribution in [0.3, 0.4) is 0 Å². The Balaban J connectivity index is 3.15. The van der Waals surface area contributed by atoms with Gasteiger partial charge in [-0.2, -0.15) is 0 Å². The molecule has 0 atom stereocenters. The summed E-state index contributed by atoms with van der Waals surface area (Å²) >= 11 is 0. The van der Waals surface area contributed by atoms with Gasteiger partial charge < -0.3 is 5.32 Å². The fourth-order valence-electron chi connectivity index (χ4n) is 1.01. The molecule has 0 bridgehead atoms. The van der Waals surface area contributed by atoms with Crippen molar-refractivity contribution in [3.8, 4) is 0 Å². The fraction of sp³-hybridized carbons (Fsp3) is 1.00. The van der Waals surface area contributed by atoms with Crippen molar-refractivity contribution >= 4 is 0 Å². The van der Waals surface area contributed by atoms with Crippen molar-refractivity contribution < 1.29 is 0 Å². The van der Waals surface area contributed by atoms with E-state index >= 15 is 0 Å². The standard InChI is InChI=1S/C10H23N/c1-9(2)11-8-6-7-10(3,4)5/h9,11H,6-8H2,1-5H3. The average molecular weight is 157 g/mol. The Morgan fingerprint density at radius 3 is 2.09 bits per heavy atom. The maximum Gasteiger partial charge on any atom is 0.00103 e. The second kappa shape index (κ2) is 4.76. The van der Waals surface area contributed by atoms with Crippen LogP contribution in [0.2, 0.25) is 0 Å². The van der Waals surface area contributed by atoms with E-state index < -0.39 is 0 Å². The van der Waals surface area contributed by atoms with Crippen LogP contribution in [0.25, 0.3) is 0 Å². The van der Waals surface area contributed by atoms with E-state index in [0.29, 0.717) is 11.5 Å². The quantitative estimate of drug-likeness (QED) is 0.619. The van der Waals surface area contributed by atoms with Crippen LogP contribution in [0.5, 0.6) is 0 Å². The topological polar surface area (TPSA) is 12.0 Å². The lowest BCUT2D eigenvalue weighted by atomic mass is 9.91. The molecule has 1 nitrogen and oxygen atoms in total. The minimum absolute atomic E-state index is 0.499. The molecule has 0 saturated carbocycles. The van der Waals surface area contributed by atoms with Crippen molar-refractivity contribution in [1.82, 2.24) is 5.32 Å². The monoisotopic (exact) mass is 157 g/mol. The van der Waals surface area contributed by atoms with Crippen LogP contribution in [0.1, 0.15) is 47.5 Å². The molecule has 0 aliphatic heterocycles. The third-order valence-electron chi connectivity index (χ3n) is 1.66. The van der Waals surface area contributed by atoms with Crippen LogP contribution in [0.4, 0.5) is 0 Å². The molecule has 1 N–H and O–H groups in total. The van der Waals surface area contributed by atoms with Gasteiger partial charge in [0.2, 0.25) is 0 Å². The number of nitrogens with one attached hydrogen (secondary N) is 1. The molecule has 0 unspecified atom stereocenters. The summed E-state index contributed by atoms with van der Waals surface area (Å²) in [6, 6.07) is 0.634. The second-order valence-electron chi connectivity index (χ2n) is 4.77. The third kappa shape index (κ3) is 9.96. The molecule has 11 heavy (non-hydrogen) atoms. The predicted molar refractivity (Wildman–Crippen MR) is 51.8 cm³/mol. The van der Waals surface area contributed by atoms with Gasteiger partial charge in [0.05, 0.1) is 0 Å². The molecule has 68 valence electrons. The van der Waals surface area contributed by atoms with Gasteiger partial charge in [0.15, 0.2) is 0 Å². The van der Waals surface area contributed by atoms with Crippen LogP contribution in [0, 0.1) is 5.41 Å². The molecule has 0 saturated heterocycles. The van der Waals surface area contributed by atoms with Gasteiger partial charge in [-0.1, -0.05) is 34.6 Å². The van der Waals surface area contributed by atoms with Gasteiger partial charge in [-0.05, 0) is 24.8 Å². The van der Waals surface area contributed by atoms with Gasteiger partial charge in [0.1, 0.15) is 0 Å². The smallest absolute Gasteiger partial charge is 0.00103 e. The molecule has 0 amide bonds. The summed E-state index contributed by atoms with van der Waals surface area (Å²) in [5, 5.41) is 3.42. The zero-order chi connectivity index (χ0) is 8.91. The molecule has 0 aliphatic carbocycles. The van der Waals surface area contributed by atoms with Gasteiger partial charge in [-0.25, -0.2) is 0 Å². The molecule has 0 aromatic rings. The summed E-state index contributed by atoms with van der Waals surface area (Å²) in [4.78, 5) is 0. The maximum absolute atomic E-state index is 3.42. The first-order chi connectivity index (χ1) is 4.92. The van der Waals surface area contributed by atoms with Crippen molar-refractivity contribution in [3.63, 3.8) is 0 Å². The molecule has 0 aromatic carbocycles. The van der Waals surface area contributed by atoms with Gasteiger partial charge in [0, 0.05) is 6.04 Å². The summed E-state index contributed by atoms with van der Waals surface area (Å²) in [6.45, 7) is 12.4. The molecular formula is C10H23N. The maximum atomic E-state index is 3.42. The average Bonchev–Trinajstić information content (AvgIpc) is 1.78. The second-order valence-corrected chi connectivity index (χ2v) is 4.77. The first kappa shape index (κ1) is 11.0. The van der Waals surface area contributed by atoms with Crippen LogP contribution >= 0.6 is 0 Å². The Hall–Kier alpha value is -0.0400. The van der Waals surface area contributed by atoms with Gasteiger partial charge >= 0.3 is 0 Å². The van der Waals surface area contributed by atoms with Crippen LogP contribution in [-0.2, 0) is 0 Å². The molecule has 0 radical (unpaired) electrons. The summed E-state index contributed by atoms with van der Waals surface area (Å²) in [6.07, 6.45) is 2.61. The van der Waals surface area contributed by atoms with Gasteiger partial charge in [-0.15, -0.1) is 0 Å². The molecule has 0 fully saturated rings. The lowest BCUT2D eigenvalue weighted by molar-refractivity contribution is 0.358. The summed E-state index contributed by atoms with van der Waals surface area (Å²) < 4.78 is 0. The van der Waals surface area contributed by atoms with Crippen molar-refractivity contribution in [3.05, 3.63) is 0 Å². The highest BCUT2D eigenvalue weighted by Gasteiger charge is 2.08. The van der Waals surface area contributed by atoms with Crippen LogP contribution in [0.15, 0.2) is 0 Å². The van der Waals surface area contributed by atoms with E-state index in [2.05, 4.69) is 39.9 Å². The zero-order valence-electron chi connectivity index (χ0n) is 8.70. The van der Waals surface area contributed by atoms with Crippen molar-refractivity contribution in [2.24, 2.45) is 5.41 Å². The van der Waals surface area contributed by atoms with Crippen molar-refractivity contribution in [2.75, 3.05) is 6.54 Å². The minimum atomic E-state index is 0.499. The molecule has 1 heteroatoms. The Bertz CT molecular complexity index is 89.5. The summed E-state index contributed by atoms with van der Waals surface area (Å²) in [5.74, 6) is 0. The van der Waals surface area contributed by atoms with E-state index in [1.54, 1.807) is 0 Å². The van der Waals surface area contributed by atoms with E-state index in [1.807, 2.05) is 0 Å². The van der Waals surface area contributed by atoms with E-state index in [-0.39, 0.29) is 0 Å². The number of hydrogen-bond acceptors (Lipinski definition) is 1. The van der Waals surface area contributed by atoms with E-state index in [0.717, 1.165) is 6.54 Å². The molecular weight excluding hydrogens is 134 g/mol. The van der Waals surface area contributed by atoms with Crippen LogP contribution in [-0.4, -0.2) is 12.6 Å².